The zero-order valence-electron chi connectivity index (χ0n) is 46.0. The number of hydrogen-bond donors (Lipinski definition) is 0. The number of pyridine rings is 1. The summed E-state index contributed by atoms with van der Waals surface area (Å²) in [6, 6.07) is 59.8. The van der Waals surface area contributed by atoms with Crippen molar-refractivity contribution in [2.24, 2.45) is 0 Å². The number of aromatic nitrogens is 4. The summed E-state index contributed by atoms with van der Waals surface area (Å²) in [6.07, 6.45) is 2.19. The Bertz CT molecular complexity index is 4490. The molecule has 1 aliphatic heterocycles. The Morgan fingerprint density at radius 2 is 1.19 bits per heavy atom. The molecule has 0 saturated carbocycles. The van der Waals surface area contributed by atoms with E-state index in [1.54, 1.807) is 0 Å². The molecule has 72 heavy (non-hydrogen) atoms. The van der Waals surface area contributed by atoms with Gasteiger partial charge in [0.1, 0.15) is 5.65 Å². The van der Waals surface area contributed by atoms with Crippen molar-refractivity contribution in [3.05, 3.63) is 211 Å². The summed E-state index contributed by atoms with van der Waals surface area (Å²) in [4.78, 5) is 5.44. The molecule has 0 aliphatic carbocycles. The first-order valence-corrected chi connectivity index (χ1v) is 24.4. The molecule has 6 heteroatoms. The van der Waals surface area contributed by atoms with Gasteiger partial charge in [0.15, 0.2) is 0 Å². The molecule has 0 fully saturated rings. The minimum Gasteiger partial charge on any atom is -0.510 e. The largest absolute Gasteiger partial charge is 0.510 e. The maximum Gasteiger partial charge on any atom is 0.136 e. The molecule has 360 valence electrons. The third-order valence-corrected chi connectivity index (χ3v) is 14.0. The SMILES string of the molecule is [2H]c1c([2H])c([2H])c2c(c1[2H])c1ccc3[c-]c1n2c1cc(C(C)(C)C)cc(n1)c1cccc(c1)c1ccccc1c1cccc(-c2cccc(C(C)(C)C)c2)c1n1[cH-]n(c2[c-]c(cc(C(C)(C)C)c2)o3)-c2ccccc2-1.[Pt]. The minimum absolute atomic E-state index is 0. The summed E-state index contributed by atoms with van der Waals surface area (Å²) in [7, 11) is 0. The number of benzene rings is 8. The molecule has 10 bridgehead atoms. The van der Waals surface area contributed by atoms with Crippen LogP contribution in [0.1, 0.15) is 84.5 Å². The van der Waals surface area contributed by atoms with Gasteiger partial charge in [0.05, 0.1) is 11.0 Å². The van der Waals surface area contributed by atoms with E-state index in [1.807, 2.05) is 28.7 Å². The third kappa shape index (κ3) is 8.18. The minimum atomic E-state index is -0.335. The molecule has 8 aromatic carbocycles. The summed E-state index contributed by atoms with van der Waals surface area (Å²) >= 11 is 0. The molecule has 0 radical (unpaired) electrons. The second-order valence-corrected chi connectivity index (χ2v) is 22.0. The van der Waals surface area contributed by atoms with E-state index in [-0.39, 0.29) is 61.5 Å². The fraction of sp³-hybridized carbons (Fsp3) is 0.182. The van der Waals surface area contributed by atoms with Crippen LogP contribution in [0, 0.1) is 12.1 Å². The van der Waals surface area contributed by atoms with Crippen molar-refractivity contribution in [1.29, 1.82) is 0 Å². The predicted octanol–water partition coefficient (Wildman–Crippen LogP) is 17.7. The first kappa shape index (κ1) is 42.4. The smallest absolute Gasteiger partial charge is 0.136 e. The second kappa shape index (κ2) is 17.5. The molecule has 0 unspecified atom stereocenters. The third-order valence-electron chi connectivity index (χ3n) is 14.0. The van der Waals surface area contributed by atoms with Crippen LogP contribution in [0.5, 0.6) is 0 Å². The van der Waals surface area contributed by atoms with Crippen molar-refractivity contribution in [3.63, 3.8) is 0 Å². The van der Waals surface area contributed by atoms with Crippen molar-refractivity contribution in [2.45, 2.75) is 78.6 Å². The van der Waals surface area contributed by atoms with Crippen LogP contribution < -0.4 is 0 Å². The molecular formula is C66H57N4OPt-3. The molecule has 11 aromatic rings. The van der Waals surface area contributed by atoms with Gasteiger partial charge >= 0.3 is 0 Å². The molecule has 1 aliphatic rings. The summed E-state index contributed by atoms with van der Waals surface area (Å²) in [5, 5.41) is 6.07. The van der Waals surface area contributed by atoms with E-state index in [2.05, 4.69) is 217 Å². The predicted molar refractivity (Wildman–Crippen MR) is 299 cm³/mol. The number of rotatable bonds is 1. The van der Waals surface area contributed by atoms with Gasteiger partial charge in [0, 0.05) is 49.5 Å². The Hall–Kier alpha value is -7.33. The average molecular weight is 1120 g/mol. The normalized spacial score (nSPS) is 13.2. The number of hydrogen-bond acceptors (Lipinski definition) is 2. The molecule has 0 atom stereocenters. The second-order valence-electron chi connectivity index (χ2n) is 22.0. The molecule has 0 saturated heterocycles. The Balaban J connectivity index is 0.00000616. The van der Waals surface area contributed by atoms with Gasteiger partial charge in [-0.3, -0.25) is 0 Å². The number of para-hydroxylation sites is 4. The zero-order valence-corrected chi connectivity index (χ0v) is 44.3. The van der Waals surface area contributed by atoms with Crippen molar-refractivity contribution in [2.75, 3.05) is 0 Å². The summed E-state index contributed by atoms with van der Waals surface area (Å²) in [5.74, 6) is 0. The maximum atomic E-state index is 9.43. The van der Waals surface area contributed by atoms with E-state index in [0.29, 0.717) is 38.6 Å². The van der Waals surface area contributed by atoms with Gasteiger partial charge in [-0.05, 0) is 107 Å². The Labute approximate surface area is 441 Å². The first-order valence-electron chi connectivity index (χ1n) is 26.4. The van der Waals surface area contributed by atoms with E-state index >= 15 is 0 Å². The average Bonchev–Trinajstić information content (AvgIpc) is 4.01. The summed E-state index contributed by atoms with van der Waals surface area (Å²) < 4.78 is 49.7. The van der Waals surface area contributed by atoms with Crippen molar-refractivity contribution in [3.8, 4) is 22.5 Å². The van der Waals surface area contributed by atoms with Gasteiger partial charge < -0.3 is 18.0 Å². The standard InChI is InChI=1S/C66H57N4O.Pt/c1-64(2,3)45-22-17-20-43(34-45)52-26-18-27-56-53-24-11-10-23-51(53)42-19-16-21-44(33-42)57-37-47(66(7,8)9)38-62(67-57)70-58-28-13-12-25-54(58)55-32-31-49(40-61(55)70)71-50-36-46(65(4,5)6)35-48(39-50)68-41-69(63(52)56)60-30-15-14-29-59(60)68;/h10-38,41H,1-9H3;/q-3;/i12D,13D,25D,28D;. The molecule has 3 aromatic heterocycles. The van der Waals surface area contributed by atoms with E-state index in [4.69, 9.17) is 12.1 Å². The number of nitrogens with zero attached hydrogens (tertiary/aromatic N) is 4. The fourth-order valence-electron chi connectivity index (χ4n) is 10.1. The maximum absolute atomic E-state index is 9.43. The van der Waals surface area contributed by atoms with Gasteiger partial charge in [-0.1, -0.05) is 195 Å². The van der Waals surface area contributed by atoms with Crippen molar-refractivity contribution < 1.29 is 31.0 Å². The Kier molecular flexibility index (Phi) is 10.3. The molecule has 0 spiro atoms. The van der Waals surface area contributed by atoms with Gasteiger partial charge in [0.25, 0.3) is 0 Å². The molecule has 5 nitrogen and oxygen atoms in total. The van der Waals surface area contributed by atoms with E-state index in [1.165, 1.54) is 5.56 Å². The first-order chi connectivity index (χ1) is 35.7. The fourth-order valence-corrected chi connectivity index (χ4v) is 10.1. The van der Waals surface area contributed by atoms with Crippen molar-refractivity contribution in [1.82, 2.24) is 18.5 Å². The van der Waals surface area contributed by atoms with Crippen molar-refractivity contribution >= 4 is 82.1 Å². The quantitative estimate of drug-likeness (QED) is 0.154. The van der Waals surface area contributed by atoms with Gasteiger partial charge in [-0.15, -0.1) is 29.1 Å². The van der Waals surface area contributed by atoms with Crippen LogP contribution in [0.4, 0.5) is 0 Å². The van der Waals surface area contributed by atoms with Crippen LogP contribution in [0.3, 0.4) is 0 Å². The Morgan fingerprint density at radius 1 is 0.528 bits per heavy atom. The van der Waals surface area contributed by atoms with E-state index in [0.717, 1.165) is 77.1 Å². The molecule has 4 heterocycles. The van der Waals surface area contributed by atoms with E-state index < -0.39 is 0 Å². The molecule has 12 rings (SSSR count). The van der Waals surface area contributed by atoms with Crippen LogP contribution in [-0.4, -0.2) is 18.5 Å². The topological polar surface area (TPSA) is 40.3 Å². The van der Waals surface area contributed by atoms with Crippen LogP contribution >= 0.6 is 0 Å². The number of fused-ring (bicyclic) bond motifs is 23. The molecule has 0 N–H and O–H groups in total. The molecule has 0 amide bonds. The Morgan fingerprint density at radius 3 is 1.97 bits per heavy atom. The van der Waals surface area contributed by atoms with Crippen LogP contribution in [0.25, 0.3) is 105 Å². The van der Waals surface area contributed by atoms with Crippen LogP contribution in [-0.2, 0) is 37.3 Å². The number of imidazole rings is 1. The monoisotopic (exact) mass is 1120 g/mol. The summed E-state index contributed by atoms with van der Waals surface area (Å²) in [6.45, 7) is 19.9. The molecular weight excluding hydrogens is 1060 g/mol. The zero-order chi connectivity index (χ0) is 52.5. The van der Waals surface area contributed by atoms with Gasteiger partial charge in [-0.2, -0.15) is 23.8 Å². The van der Waals surface area contributed by atoms with Crippen LogP contribution in [0.15, 0.2) is 187 Å². The van der Waals surface area contributed by atoms with Crippen LogP contribution in [0.2, 0.25) is 0 Å². The van der Waals surface area contributed by atoms with Gasteiger partial charge in [-0.25, -0.2) is 4.98 Å². The van der Waals surface area contributed by atoms with Gasteiger partial charge in [0.2, 0.25) is 0 Å². The van der Waals surface area contributed by atoms with E-state index in [9.17, 15) is 2.74 Å². The summed E-state index contributed by atoms with van der Waals surface area (Å²) in [5.41, 5.74) is 11.6.